The first-order chi connectivity index (χ1) is 14.6. The van der Waals surface area contributed by atoms with E-state index in [-0.39, 0.29) is 5.91 Å². The second-order valence-electron chi connectivity index (χ2n) is 7.48. The molecule has 1 N–H and O–H groups in total. The zero-order valence-electron chi connectivity index (χ0n) is 18.4. The van der Waals surface area contributed by atoms with Crippen LogP contribution in [-0.2, 0) is 7.05 Å². The lowest BCUT2D eigenvalue weighted by atomic mass is 10.1. The van der Waals surface area contributed by atoms with Crippen LogP contribution in [0.15, 0.2) is 30.3 Å². The Morgan fingerprint density at radius 1 is 1.20 bits per heavy atom. The van der Waals surface area contributed by atoms with E-state index in [9.17, 15) is 4.79 Å². The van der Waals surface area contributed by atoms with Crippen LogP contribution in [0, 0.1) is 0 Å². The summed E-state index contributed by atoms with van der Waals surface area (Å²) in [6.45, 7) is 8.38. The van der Waals surface area contributed by atoms with E-state index in [0.29, 0.717) is 6.54 Å². The Morgan fingerprint density at radius 2 is 1.97 bits per heavy atom. The van der Waals surface area contributed by atoms with Crippen LogP contribution >= 0.6 is 11.3 Å². The Labute approximate surface area is 182 Å². The van der Waals surface area contributed by atoms with Crippen molar-refractivity contribution in [2.45, 2.75) is 33.1 Å². The highest BCUT2D eigenvalue weighted by atomic mass is 32.1. The van der Waals surface area contributed by atoms with Gasteiger partial charge in [0, 0.05) is 24.5 Å². The van der Waals surface area contributed by atoms with Gasteiger partial charge in [-0.15, -0.1) is 11.3 Å². The maximum atomic E-state index is 12.7. The number of carbonyl (C=O) groups is 1. The molecular formula is C23H32N4O2S. The van der Waals surface area contributed by atoms with Gasteiger partial charge in [-0.05, 0) is 57.1 Å². The molecule has 0 atom stereocenters. The van der Waals surface area contributed by atoms with E-state index in [0.717, 1.165) is 71.0 Å². The number of methoxy groups -OCH3 is 1. The fraction of sp³-hybridized carbons (Fsp3) is 0.478. The van der Waals surface area contributed by atoms with Crippen LogP contribution in [0.25, 0.3) is 21.5 Å². The summed E-state index contributed by atoms with van der Waals surface area (Å²) >= 11 is 1.48. The highest BCUT2D eigenvalue weighted by Crippen LogP contribution is 2.34. The van der Waals surface area contributed by atoms with Crippen LogP contribution in [0.5, 0.6) is 5.75 Å². The second kappa shape index (κ2) is 10.6. The molecule has 0 radical (unpaired) electrons. The number of aryl methyl sites for hydroxylation is 1. The van der Waals surface area contributed by atoms with E-state index in [4.69, 9.17) is 4.74 Å². The minimum Gasteiger partial charge on any atom is -0.497 e. The van der Waals surface area contributed by atoms with Crippen LogP contribution in [0.3, 0.4) is 0 Å². The average Bonchev–Trinajstić information content (AvgIpc) is 3.32. The second-order valence-corrected chi connectivity index (χ2v) is 8.52. The van der Waals surface area contributed by atoms with Crippen molar-refractivity contribution in [3.63, 3.8) is 0 Å². The number of thiophene rings is 1. The van der Waals surface area contributed by atoms with Gasteiger partial charge in [0.2, 0.25) is 0 Å². The Balaban J connectivity index is 1.67. The summed E-state index contributed by atoms with van der Waals surface area (Å²) in [5.41, 5.74) is 1.85. The van der Waals surface area contributed by atoms with Crippen LogP contribution in [-0.4, -0.2) is 53.9 Å². The number of hydrogen-bond donors (Lipinski definition) is 1. The summed E-state index contributed by atoms with van der Waals surface area (Å²) < 4.78 is 7.19. The molecule has 0 fully saturated rings. The molecular weight excluding hydrogens is 396 g/mol. The van der Waals surface area contributed by atoms with Gasteiger partial charge in [0.05, 0.1) is 12.0 Å². The van der Waals surface area contributed by atoms with E-state index in [1.54, 1.807) is 7.11 Å². The molecule has 0 saturated heterocycles. The molecule has 2 heterocycles. The molecule has 2 aromatic heterocycles. The molecule has 0 aliphatic heterocycles. The summed E-state index contributed by atoms with van der Waals surface area (Å²) in [5, 5.41) is 8.74. The van der Waals surface area contributed by atoms with Gasteiger partial charge in [0.1, 0.15) is 16.3 Å². The van der Waals surface area contributed by atoms with Crippen LogP contribution in [0.4, 0.5) is 0 Å². The number of rotatable bonds is 11. The van der Waals surface area contributed by atoms with Crippen molar-refractivity contribution >= 4 is 27.5 Å². The molecule has 30 heavy (non-hydrogen) atoms. The topological polar surface area (TPSA) is 59.4 Å². The van der Waals surface area contributed by atoms with Crippen LogP contribution in [0.2, 0.25) is 0 Å². The molecule has 6 nitrogen and oxygen atoms in total. The number of benzene rings is 1. The molecule has 0 unspecified atom stereocenters. The Hall–Kier alpha value is -2.38. The van der Waals surface area contributed by atoms with Crippen LogP contribution in [0.1, 0.15) is 42.8 Å². The average molecular weight is 429 g/mol. The minimum absolute atomic E-state index is 0.00896. The smallest absolute Gasteiger partial charge is 0.261 e. The molecule has 162 valence electrons. The van der Waals surface area contributed by atoms with Gasteiger partial charge < -0.3 is 15.0 Å². The maximum Gasteiger partial charge on any atom is 0.261 e. The molecule has 0 bridgehead atoms. The molecule has 7 heteroatoms. The molecule has 3 rings (SSSR count). The first kappa shape index (κ1) is 22.3. The number of nitrogens with zero attached hydrogens (tertiary/aromatic N) is 3. The molecule has 3 aromatic rings. The van der Waals surface area contributed by atoms with Gasteiger partial charge in [-0.1, -0.05) is 26.0 Å². The van der Waals surface area contributed by atoms with Crippen LogP contribution < -0.4 is 10.1 Å². The van der Waals surface area contributed by atoms with E-state index < -0.39 is 0 Å². The summed E-state index contributed by atoms with van der Waals surface area (Å²) in [6.07, 6.45) is 3.29. The highest BCUT2D eigenvalue weighted by molar-refractivity contribution is 7.20. The lowest BCUT2D eigenvalue weighted by Crippen LogP contribution is -2.30. The predicted molar refractivity (Wildman–Crippen MR) is 125 cm³/mol. The highest BCUT2D eigenvalue weighted by Gasteiger charge is 2.18. The van der Waals surface area contributed by atoms with E-state index in [1.807, 2.05) is 42.1 Å². The molecule has 1 amide bonds. The minimum atomic E-state index is -0.00896. The number of amides is 1. The summed E-state index contributed by atoms with van der Waals surface area (Å²) in [5.74, 6) is 0.782. The summed E-state index contributed by atoms with van der Waals surface area (Å²) in [6, 6.07) is 9.81. The molecule has 1 aromatic carbocycles. The number of carbonyl (C=O) groups excluding carboxylic acids is 1. The largest absolute Gasteiger partial charge is 0.497 e. The molecule has 0 aliphatic carbocycles. The zero-order chi connectivity index (χ0) is 21.5. The van der Waals surface area contributed by atoms with E-state index in [2.05, 4.69) is 29.2 Å². The summed E-state index contributed by atoms with van der Waals surface area (Å²) in [4.78, 5) is 16.9. The first-order valence-electron chi connectivity index (χ1n) is 10.7. The Morgan fingerprint density at radius 3 is 2.67 bits per heavy atom. The predicted octanol–water partition coefficient (Wildman–Crippen LogP) is 4.55. The van der Waals surface area contributed by atoms with Crippen molar-refractivity contribution in [1.29, 1.82) is 0 Å². The van der Waals surface area contributed by atoms with Gasteiger partial charge in [-0.3, -0.25) is 9.48 Å². The third-order valence-corrected chi connectivity index (χ3v) is 6.30. The monoisotopic (exact) mass is 428 g/mol. The first-order valence-corrected chi connectivity index (χ1v) is 11.5. The van der Waals surface area contributed by atoms with Crippen molar-refractivity contribution in [2.24, 2.45) is 7.05 Å². The number of ether oxygens (including phenoxy) is 1. The lowest BCUT2D eigenvalue weighted by Gasteiger charge is -2.20. The fourth-order valence-corrected chi connectivity index (χ4v) is 4.68. The quantitative estimate of drug-likeness (QED) is 0.455. The maximum absolute atomic E-state index is 12.7. The normalized spacial score (nSPS) is 11.4. The molecule has 0 spiro atoms. The number of hydrogen-bond acceptors (Lipinski definition) is 5. The third-order valence-electron chi connectivity index (χ3n) is 5.09. The Bertz CT molecular complexity index is 973. The summed E-state index contributed by atoms with van der Waals surface area (Å²) in [7, 11) is 3.57. The number of aromatic nitrogens is 2. The van der Waals surface area contributed by atoms with E-state index >= 15 is 0 Å². The van der Waals surface area contributed by atoms with E-state index in [1.165, 1.54) is 11.3 Å². The van der Waals surface area contributed by atoms with Gasteiger partial charge in [0.25, 0.3) is 5.91 Å². The molecule has 0 aliphatic rings. The van der Waals surface area contributed by atoms with Crippen molar-refractivity contribution in [3.05, 3.63) is 35.2 Å². The Kier molecular flexibility index (Phi) is 7.87. The van der Waals surface area contributed by atoms with Crippen molar-refractivity contribution in [2.75, 3.05) is 33.3 Å². The van der Waals surface area contributed by atoms with Gasteiger partial charge >= 0.3 is 0 Å². The van der Waals surface area contributed by atoms with Gasteiger partial charge in [-0.25, -0.2) is 0 Å². The van der Waals surface area contributed by atoms with Crippen molar-refractivity contribution < 1.29 is 9.53 Å². The fourth-order valence-electron chi connectivity index (χ4n) is 3.70. The SMILES string of the molecule is CCCN(CCC)CCCNC(=O)c1cc2c(-c3cccc(OC)c3)nn(C)c2s1. The van der Waals surface area contributed by atoms with Gasteiger partial charge in [-0.2, -0.15) is 5.10 Å². The standard InChI is InChI=1S/C23H32N4O2S/c1-5-12-27(13-6-2)14-8-11-24-22(28)20-16-19-21(25-26(3)23(19)30-20)17-9-7-10-18(15-17)29-4/h7,9-10,15-16H,5-6,8,11-14H2,1-4H3,(H,24,28). The number of nitrogens with one attached hydrogen (secondary N) is 1. The molecule has 0 saturated carbocycles. The van der Waals surface area contributed by atoms with Crippen molar-refractivity contribution in [3.8, 4) is 17.0 Å². The third kappa shape index (κ3) is 5.21. The van der Waals surface area contributed by atoms with Crippen molar-refractivity contribution in [1.82, 2.24) is 20.0 Å². The zero-order valence-corrected chi connectivity index (χ0v) is 19.2. The van der Waals surface area contributed by atoms with Gasteiger partial charge in [0.15, 0.2) is 0 Å². The lowest BCUT2D eigenvalue weighted by molar-refractivity contribution is 0.0955. The number of fused-ring (bicyclic) bond motifs is 1.